The molecule has 4 heteroatoms. The van der Waals surface area contributed by atoms with Crippen molar-refractivity contribution in [3.63, 3.8) is 0 Å². The van der Waals surface area contributed by atoms with Crippen LogP contribution in [-0.4, -0.2) is 26.6 Å². The number of hydrogen-bond acceptors (Lipinski definition) is 4. The number of methoxy groups -OCH3 is 2. The van der Waals surface area contributed by atoms with Gasteiger partial charge >= 0.3 is 0 Å². The summed E-state index contributed by atoms with van der Waals surface area (Å²) in [5, 5.41) is 0. The van der Waals surface area contributed by atoms with E-state index >= 15 is 0 Å². The maximum Gasteiger partial charge on any atom is 0.185 e. The fourth-order valence-corrected chi connectivity index (χ4v) is 2.16. The highest BCUT2D eigenvalue weighted by atomic mass is 16.5. The first-order valence-electron chi connectivity index (χ1n) is 7.35. The Morgan fingerprint density at radius 2 is 1.74 bits per heavy atom. The Morgan fingerprint density at radius 3 is 2.43 bits per heavy atom. The molecule has 0 radical (unpaired) electrons. The lowest BCUT2D eigenvalue weighted by atomic mass is 10.1. The number of allylic oxidation sites excluding steroid dienone is 1. The number of rotatable bonds is 7. The molecular formula is C19H20O4. The van der Waals surface area contributed by atoms with Gasteiger partial charge in [-0.2, -0.15) is 0 Å². The molecule has 0 fully saturated rings. The third-order valence-electron chi connectivity index (χ3n) is 3.30. The fraction of sp³-hybridized carbons (Fsp3) is 0.211. The molecule has 0 aliphatic heterocycles. The van der Waals surface area contributed by atoms with Gasteiger partial charge in [-0.05, 0) is 43.3 Å². The Hall–Kier alpha value is -2.75. The molecule has 0 N–H and O–H groups in total. The van der Waals surface area contributed by atoms with E-state index in [0.717, 1.165) is 11.3 Å². The van der Waals surface area contributed by atoms with Crippen molar-refractivity contribution >= 4 is 11.9 Å². The van der Waals surface area contributed by atoms with Crippen molar-refractivity contribution in [3.8, 4) is 17.2 Å². The lowest BCUT2D eigenvalue weighted by Gasteiger charge is -2.08. The van der Waals surface area contributed by atoms with Gasteiger partial charge < -0.3 is 14.2 Å². The Bertz CT molecular complexity index is 704. The van der Waals surface area contributed by atoms with Crippen molar-refractivity contribution in [2.45, 2.75) is 6.92 Å². The predicted molar refractivity (Wildman–Crippen MR) is 90.5 cm³/mol. The van der Waals surface area contributed by atoms with Crippen LogP contribution in [0.3, 0.4) is 0 Å². The minimum Gasteiger partial charge on any atom is -0.493 e. The highest BCUT2D eigenvalue weighted by Gasteiger charge is 2.09. The average Bonchev–Trinajstić information content (AvgIpc) is 2.60. The summed E-state index contributed by atoms with van der Waals surface area (Å²) in [5.41, 5.74) is 1.40. The SMILES string of the molecule is CCOc1ccccc1/C=C\C(=O)c1ccc(OC)c(OC)c1. The molecule has 0 spiro atoms. The zero-order valence-corrected chi connectivity index (χ0v) is 13.5. The van der Waals surface area contributed by atoms with Gasteiger partial charge in [-0.1, -0.05) is 18.2 Å². The molecule has 2 aromatic carbocycles. The number of ketones is 1. The molecule has 2 rings (SSSR count). The first-order valence-corrected chi connectivity index (χ1v) is 7.35. The minimum atomic E-state index is -0.114. The van der Waals surface area contributed by atoms with E-state index in [4.69, 9.17) is 14.2 Å². The van der Waals surface area contributed by atoms with Gasteiger partial charge in [-0.3, -0.25) is 4.79 Å². The molecule has 0 atom stereocenters. The van der Waals surface area contributed by atoms with Crippen LogP contribution >= 0.6 is 0 Å². The third kappa shape index (κ3) is 4.13. The molecule has 4 nitrogen and oxygen atoms in total. The molecule has 0 bridgehead atoms. The topological polar surface area (TPSA) is 44.8 Å². The van der Waals surface area contributed by atoms with Gasteiger partial charge in [0.25, 0.3) is 0 Å². The molecule has 0 saturated carbocycles. The van der Waals surface area contributed by atoms with Crippen molar-refractivity contribution in [1.82, 2.24) is 0 Å². The zero-order valence-electron chi connectivity index (χ0n) is 13.5. The lowest BCUT2D eigenvalue weighted by Crippen LogP contribution is -1.98. The molecule has 0 aliphatic rings. The van der Waals surface area contributed by atoms with Gasteiger partial charge in [0.15, 0.2) is 17.3 Å². The second-order valence-corrected chi connectivity index (χ2v) is 4.74. The van der Waals surface area contributed by atoms with E-state index in [9.17, 15) is 4.79 Å². The summed E-state index contributed by atoms with van der Waals surface area (Å²) in [6, 6.07) is 12.7. The summed E-state index contributed by atoms with van der Waals surface area (Å²) in [4.78, 5) is 12.3. The van der Waals surface area contributed by atoms with Gasteiger partial charge in [-0.25, -0.2) is 0 Å². The maximum atomic E-state index is 12.3. The predicted octanol–water partition coefficient (Wildman–Crippen LogP) is 4.00. The molecule has 0 aromatic heterocycles. The molecule has 23 heavy (non-hydrogen) atoms. The summed E-state index contributed by atoms with van der Waals surface area (Å²) in [6.45, 7) is 2.50. The van der Waals surface area contributed by atoms with Gasteiger partial charge in [0.05, 0.1) is 20.8 Å². The van der Waals surface area contributed by atoms with Crippen LogP contribution in [-0.2, 0) is 0 Å². The van der Waals surface area contributed by atoms with Crippen molar-refractivity contribution in [2.75, 3.05) is 20.8 Å². The largest absolute Gasteiger partial charge is 0.493 e. The summed E-state index contributed by atoms with van der Waals surface area (Å²) < 4.78 is 15.9. The van der Waals surface area contributed by atoms with E-state index in [1.165, 1.54) is 6.08 Å². The van der Waals surface area contributed by atoms with Crippen LogP contribution in [0.15, 0.2) is 48.5 Å². The summed E-state index contributed by atoms with van der Waals surface area (Å²) in [6.07, 6.45) is 3.28. The number of ether oxygens (including phenoxy) is 3. The lowest BCUT2D eigenvalue weighted by molar-refractivity contribution is 0.104. The van der Waals surface area contributed by atoms with E-state index in [2.05, 4.69) is 0 Å². The van der Waals surface area contributed by atoms with Crippen LogP contribution < -0.4 is 14.2 Å². The van der Waals surface area contributed by atoms with E-state index < -0.39 is 0 Å². The highest BCUT2D eigenvalue weighted by Crippen LogP contribution is 2.28. The number of carbonyl (C=O) groups excluding carboxylic acids is 1. The molecule has 0 saturated heterocycles. The summed E-state index contributed by atoms with van der Waals surface area (Å²) >= 11 is 0. The number of carbonyl (C=O) groups is 1. The molecule has 2 aromatic rings. The Kier molecular flexibility index (Phi) is 5.80. The minimum absolute atomic E-state index is 0.114. The number of para-hydroxylation sites is 1. The van der Waals surface area contributed by atoms with Crippen molar-refractivity contribution < 1.29 is 19.0 Å². The van der Waals surface area contributed by atoms with E-state index in [0.29, 0.717) is 23.7 Å². The normalized spacial score (nSPS) is 10.6. The Labute approximate surface area is 136 Å². The van der Waals surface area contributed by atoms with Crippen LogP contribution in [0.2, 0.25) is 0 Å². The second kappa shape index (κ2) is 8.03. The molecular weight excluding hydrogens is 292 g/mol. The molecule has 120 valence electrons. The second-order valence-electron chi connectivity index (χ2n) is 4.74. The van der Waals surface area contributed by atoms with Crippen LogP contribution in [0.5, 0.6) is 17.2 Å². The van der Waals surface area contributed by atoms with Crippen molar-refractivity contribution in [1.29, 1.82) is 0 Å². The summed E-state index contributed by atoms with van der Waals surface area (Å²) in [7, 11) is 3.10. The van der Waals surface area contributed by atoms with Crippen LogP contribution in [0.1, 0.15) is 22.8 Å². The van der Waals surface area contributed by atoms with Crippen molar-refractivity contribution in [3.05, 3.63) is 59.7 Å². The first-order chi connectivity index (χ1) is 11.2. The van der Waals surface area contributed by atoms with Gasteiger partial charge in [0.1, 0.15) is 5.75 Å². The highest BCUT2D eigenvalue weighted by molar-refractivity contribution is 6.07. The molecule has 0 amide bonds. The molecule has 0 heterocycles. The van der Waals surface area contributed by atoms with Gasteiger partial charge in [0, 0.05) is 11.1 Å². The zero-order chi connectivity index (χ0) is 16.7. The first kappa shape index (κ1) is 16.6. The van der Waals surface area contributed by atoms with E-state index in [-0.39, 0.29) is 5.78 Å². The smallest absolute Gasteiger partial charge is 0.185 e. The van der Waals surface area contributed by atoms with Crippen LogP contribution in [0.25, 0.3) is 6.08 Å². The molecule has 0 unspecified atom stereocenters. The van der Waals surface area contributed by atoms with E-state index in [1.807, 2.05) is 31.2 Å². The number of hydrogen-bond donors (Lipinski definition) is 0. The van der Waals surface area contributed by atoms with Crippen LogP contribution in [0, 0.1) is 0 Å². The quantitative estimate of drug-likeness (QED) is 0.572. The monoisotopic (exact) mass is 312 g/mol. The van der Waals surface area contributed by atoms with Crippen LogP contribution in [0.4, 0.5) is 0 Å². The fourth-order valence-electron chi connectivity index (χ4n) is 2.16. The Morgan fingerprint density at radius 1 is 1.00 bits per heavy atom. The standard InChI is InChI=1S/C19H20O4/c1-4-23-17-8-6-5-7-14(17)9-11-16(20)15-10-12-18(21-2)19(13-15)22-3/h5-13H,4H2,1-3H3/b11-9-. The average molecular weight is 312 g/mol. The van der Waals surface area contributed by atoms with E-state index in [1.54, 1.807) is 38.5 Å². The van der Waals surface area contributed by atoms with Gasteiger partial charge in [-0.15, -0.1) is 0 Å². The van der Waals surface area contributed by atoms with Crippen molar-refractivity contribution in [2.24, 2.45) is 0 Å². The van der Waals surface area contributed by atoms with Gasteiger partial charge in [0.2, 0.25) is 0 Å². The number of benzene rings is 2. The molecule has 0 aliphatic carbocycles. The summed E-state index contributed by atoms with van der Waals surface area (Å²) in [5.74, 6) is 1.76. The maximum absolute atomic E-state index is 12.3. The third-order valence-corrected chi connectivity index (χ3v) is 3.30. The Balaban J connectivity index is 2.22.